The van der Waals surface area contributed by atoms with Crippen LogP contribution in [0.3, 0.4) is 0 Å². The molecule has 0 saturated carbocycles. The molecule has 1 atom stereocenters. The summed E-state index contributed by atoms with van der Waals surface area (Å²) in [5.41, 5.74) is 3.17. The van der Waals surface area contributed by atoms with Crippen molar-refractivity contribution in [3.05, 3.63) is 70.1 Å². The first-order valence-electron chi connectivity index (χ1n) is 9.46. The van der Waals surface area contributed by atoms with Crippen molar-refractivity contribution in [2.75, 3.05) is 13.1 Å². The van der Waals surface area contributed by atoms with Crippen molar-refractivity contribution in [1.29, 1.82) is 0 Å². The SMILES string of the molecule is CC(c1ccccc1)N1CCC(NCc2c(Cl)nc3cc(Cl)ccn23)CC1. The Morgan fingerprint density at radius 2 is 1.89 bits per heavy atom. The Bertz CT molecular complexity index is 901. The van der Waals surface area contributed by atoms with Gasteiger partial charge in [0.1, 0.15) is 5.65 Å². The minimum atomic E-state index is 0.463. The first kappa shape index (κ1) is 18.8. The van der Waals surface area contributed by atoms with Gasteiger partial charge in [0, 0.05) is 49.0 Å². The Morgan fingerprint density at radius 3 is 2.63 bits per heavy atom. The van der Waals surface area contributed by atoms with Gasteiger partial charge in [0.25, 0.3) is 0 Å². The average molecular weight is 403 g/mol. The number of rotatable bonds is 5. The maximum absolute atomic E-state index is 6.35. The van der Waals surface area contributed by atoms with Gasteiger partial charge in [-0.3, -0.25) is 4.90 Å². The number of nitrogens with zero attached hydrogens (tertiary/aromatic N) is 3. The van der Waals surface area contributed by atoms with Crippen molar-refractivity contribution >= 4 is 28.8 Å². The van der Waals surface area contributed by atoms with E-state index >= 15 is 0 Å². The van der Waals surface area contributed by atoms with Gasteiger partial charge >= 0.3 is 0 Å². The van der Waals surface area contributed by atoms with Gasteiger partial charge in [0.05, 0.1) is 5.69 Å². The first-order valence-corrected chi connectivity index (χ1v) is 10.2. The van der Waals surface area contributed by atoms with Crippen LogP contribution in [0.15, 0.2) is 48.7 Å². The van der Waals surface area contributed by atoms with Crippen molar-refractivity contribution in [2.24, 2.45) is 0 Å². The van der Waals surface area contributed by atoms with Gasteiger partial charge in [-0.15, -0.1) is 0 Å². The number of fused-ring (bicyclic) bond motifs is 1. The zero-order valence-electron chi connectivity index (χ0n) is 15.4. The zero-order chi connectivity index (χ0) is 18.8. The maximum atomic E-state index is 6.35. The van der Waals surface area contributed by atoms with Gasteiger partial charge in [-0.2, -0.15) is 0 Å². The lowest BCUT2D eigenvalue weighted by atomic mass is 10.00. The third kappa shape index (κ3) is 4.14. The van der Waals surface area contributed by atoms with Crippen LogP contribution < -0.4 is 5.32 Å². The van der Waals surface area contributed by atoms with Crippen LogP contribution in [0.1, 0.15) is 37.1 Å². The minimum Gasteiger partial charge on any atom is -0.308 e. The fraction of sp³-hybridized carbons (Fsp3) is 0.381. The molecule has 6 heteroatoms. The van der Waals surface area contributed by atoms with E-state index in [9.17, 15) is 0 Å². The first-order chi connectivity index (χ1) is 13.1. The Balaban J connectivity index is 1.34. The van der Waals surface area contributed by atoms with Crippen LogP contribution in [0.25, 0.3) is 5.65 Å². The fourth-order valence-corrected chi connectivity index (χ4v) is 4.27. The lowest BCUT2D eigenvalue weighted by Gasteiger charge is -2.36. The van der Waals surface area contributed by atoms with E-state index in [1.165, 1.54) is 5.56 Å². The summed E-state index contributed by atoms with van der Waals surface area (Å²) in [6.45, 7) is 5.21. The van der Waals surface area contributed by atoms with Crippen LogP contribution in [-0.4, -0.2) is 33.4 Å². The standard InChI is InChI=1S/C21H24Cl2N4/c1-15(16-5-3-2-4-6-16)26-10-8-18(9-11-26)24-14-19-21(23)25-20-13-17(22)7-12-27(19)20/h2-7,12-13,15,18,24H,8-11,14H2,1H3. The number of benzene rings is 1. The highest BCUT2D eigenvalue weighted by Gasteiger charge is 2.23. The van der Waals surface area contributed by atoms with Gasteiger partial charge in [-0.1, -0.05) is 53.5 Å². The van der Waals surface area contributed by atoms with Crippen molar-refractivity contribution in [2.45, 2.75) is 38.4 Å². The number of aromatic nitrogens is 2. The normalized spacial score (nSPS) is 17.4. The van der Waals surface area contributed by atoms with Gasteiger partial charge in [0.15, 0.2) is 5.15 Å². The molecule has 27 heavy (non-hydrogen) atoms. The second-order valence-electron chi connectivity index (χ2n) is 7.20. The molecule has 3 heterocycles. The number of likely N-dealkylation sites (tertiary alicyclic amines) is 1. The number of pyridine rings is 1. The number of halogens is 2. The van der Waals surface area contributed by atoms with Crippen LogP contribution in [0.4, 0.5) is 0 Å². The average Bonchev–Trinajstić information content (AvgIpc) is 3.01. The van der Waals surface area contributed by atoms with E-state index in [0.717, 1.165) is 37.3 Å². The number of nitrogens with one attached hydrogen (secondary N) is 1. The van der Waals surface area contributed by atoms with Crippen LogP contribution in [0.5, 0.6) is 0 Å². The lowest BCUT2D eigenvalue weighted by molar-refractivity contribution is 0.152. The zero-order valence-corrected chi connectivity index (χ0v) is 16.9. The van der Waals surface area contributed by atoms with Crippen molar-refractivity contribution in [1.82, 2.24) is 19.6 Å². The third-order valence-corrected chi connectivity index (χ3v) is 6.09. The topological polar surface area (TPSA) is 32.6 Å². The largest absolute Gasteiger partial charge is 0.308 e. The van der Waals surface area contributed by atoms with E-state index in [4.69, 9.17) is 23.2 Å². The third-order valence-electron chi connectivity index (χ3n) is 5.56. The fourth-order valence-electron chi connectivity index (χ4n) is 3.87. The Kier molecular flexibility index (Phi) is 5.69. The molecular weight excluding hydrogens is 379 g/mol. The molecule has 1 unspecified atom stereocenters. The Morgan fingerprint density at radius 1 is 1.15 bits per heavy atom. The number of piperidine rings is 1. The molecule has 1 saturated heterocycles. The molecule has 1 aliphatic rings. The molecule has 4 rings (SSSR count). The molecular formula is C21H24Cl2N4. The minimum absolute atomic E-state index is 0.463. The molecule has 0 bridgehead atoms. The van der Waals surface area contributed by atoms with Gasteiger partial charge in [-0.25, -0.2) is 4.98 Å². The van der Waals surface area contributed by atoms with Crippen molar-refractivity contribution in [3.63, 3.8) is 0 Å². The second-order valence-corrected chi connectivity index (χ2v) is 7.99. The molecule has 0 amide bonds. The molecule has 3 aromatic rings. The predicted octanol–water partition coefficient (Wildman–Crippen LogP) is 4.96. The summed E-state index contributed by atoms with van der Waals surface area (Å²) < 4.78 is 2.01. The summed E-state index contributed by atoms with van der Waals surface area (Å²) in [5.74, 6) is 0. The number of hydrogen-bond donors (Lipinski definition) is 1. The predicted molar refractivity (Wildman–Crippen MR) is 112 cm³/mol. The van der Waals surface area contributed by atoms with Gasteiger partial charge < -0.3 is 9.72 Å². The monoisotopic (exact) mass is 402 g/mol. The van der Waals surface area contributed by atoms with E-state index in [-0.39, 0.29) is 0 Å². The summed E-state index contributed by atoms with van der Waals surface area (Å²) in [5, 5.41) is 4.88. The van der Waals surface area contributed by atoms with E-state index < -0.39 is 0 Å². The van der Waals surface area contributed by atoms with Crippen molar-refractivity contribution < 1.29 is 0 Å². The molecule has 0 spiro atoms. The summed E-state index contributed by atoms with van der Waals surface area (Å²) in [4.78, 5) is 6.97. The smallest absolute Gasteiger partial charge is 0.152 e. The Hall–Kier alpha value is -1.59. The number of hydrogen-bond acceptors (Lipinski definition) is 3. The quantitative estimate of drug-likeness (QED) is 0.654. The molecule has 0 radical (unpaired) electrons. The van der Waals surface area contributed by atoms with Crippen LogP contribution in [-0.2, 0) is 6.54 Å². The molecule has 1 N–H and O–H groups in total. The van der Waals surface area contributed by atoms with Crippen LogP contribution in [0, 0.1) is 0 Å². The summed E-state index contributed by atoms with van der Waals surface area (Å²) in [6.07, 6.45) is 4.20. The van der Waals surface area contributed by atoms with Gasteiger partial charge in [0.2, 0.25) is 0 Å². The van der Waals surface area contributed by atoms with E-state index in [0.29, 0.717) is 28.8 Å². The van der Waals surface area contributed by atoms with Crippen molar-refractivity contribution in [3.8, 4) is 0 Å². The molecule has 1 aromatic carbocycles. The summed E-state index contributed by atoms with van der Waals surface area (Å²) >= 11 is 12.4. The second kappa shape index (κ2) is 8.19. The van der Waals surface area contributed by atoms with Gasteiger partial charge in [-0.05, 0) is 31.4 Å². The van der Waals surface area contributed by atoms with E-state index in [2.05, 4.69) is 52.5 Å². The molecule has 2 aromatic heterocycles. The molecule has 1 aliphatic heterocycles. The number of imidazole rings is 1. The van der Waals surface area contributed by atoms with E-state index in [1.807, 2.05) is 22.7 Å². The molecule has 1 fully saturated rings. The maximum Gasteiger partial charge on any atom is 0.152 e. The van der Waals surface area contributed by atoms with E-state index in [1.54, 1.807) is 0 Å². The Labute approximate surface area is 170 Å². The highest BCUT2D eigenvalue weighted by Crippen LogP contribution is 2.25. The van der Waals surface area contributed by atoms with Crippen LogP contribution >= 0.6 is 23.2 Å². The lowest BCUT2D eigenvalue weighted by Crippen LogP contribution is -2.43. The van der Waals surface area contributed by atoms with Crippen LogP contribution in [0.2, 0.25) is 10.2 Å². The molecule has 142 valence electrons. The molecule has 4 nitrogen and oxygen atoms in total. The highest BCUT2D eigenvalue weighted by atomic mass is 35.5. The molecule has 0 aliphatic carbocycles. The summed E-state index contributed by atoms with van der Waals surface area (Å²) in [6, 6.07) is 15.4. The highest BCUT2D eigenvalue weighted by molar-refractivity contribution is 6.31. The summed E-state index contributed by atoms with van der Waals surface area (Å²) in [7, 11) is 0.